The predicted octanol–water partition coefficient (Wildman–Crippen LogP) is 7.19. The molecule has 0 aliphatic heterocycles. The topological polar surface area (TPSA) is 6.48 Å². The zero-order valence-electron chi connectivity index (χ0n) is 22.0. The molecule has 0 spiro atoms. The molecule has 0 radical (unpaired) electrons. The van der Waals surface area contributed by atoms with Crippen LogP contribution in [0.1, 0.15) is 104 Å². The van der Waals surface area contributed by atoms with Crippen molar-refractivity contribution in [1.29, 1.82) is 0 Å². The van der Waals surface area contributed by atoms with E-state index < -0.39 is 0 Å². The van der Waals surface area contributed by atoms with Gasteiger partial charge in [0.25, 0.3) is 0 Å². The molecule has 0 N–H and O–H groups in total. The van der Waals surface area contributed by atoms with Gasteiger partial charge in [0.1, 0.15) is 0 Å². The first-order valence-corrected chi connectivity index (χ1v) is 11.2. The summed E-state index contributed by atoms with van der Waals surface area (Å²) in [5.74, 6) is 1.52. The molecule has 0 unspecified atom stereocenters. The monoisotopic (exact) mass is 384 g/mol. The molecule has 0 rings (SSSR count). The molecule has 166 valence electrons. The molecule has 0 aromatic rings. The molecule has 0 heterocycles. The molecule has 2 heteroatoms. The molecule has 0 aliphatic rings. The van der Waals surface area contributed by atoms with E-state index in [9.17, 15) is 0 Å². The van der Waals surface area contributed by atoms with E-state index in [1.54, 1.807) is 0 Å². The van der Waals surface area contributed by atoms with Gasteiger partial charge < -0.3 is 4.90 Å². The van der Waals surface area contributed by atoms with E-state index in [4.69, 9.17) is 0 Å². The van der Waals surface area contributed by atoms with Gasteiger partial charge in [-0.05, 0) is 57.3 Å². The fourth-order valence-corrected chi connectivity index (χ4v) is 3.13. The molecule has 27 heavy (non-hydrogen) atoms. The number of hydrogen-bond donors (Lipinski definition) is 0. The van der Waals surface area contributed by atoms with Gasteiger partial charge >= 0.3 is 0 Å². The zero-order valence-corrected chi connectivity index (χ0v) is 22.0. The van der Waals surface area contributed by atoms with Gasteiger partial charge in [-0.2, -0.15) is 0 Å². The SMILES string of the molecule is CC(C)CN(CC(C)(C)C)C(C)(C)C.CC(C)CN(CC(C)(C)C)C(C)C. The van der Waals surface area contributed by atoms with Crippen LogP contribution in [0.5, 0.6) is 0 Å². The molecule has 2 nitrogen and oxygen atoms in total. The Morgan fingerprint density at radius 2 is 0.926 bits per heavy atom. The lowest BCUT2D eigenvalue weighted by atomic mass is 9.92. The average Bonchev–Trinajstić information content (AvgIpc) is 2.32. The van der Waals surface area contributed by atoms with Gasteiger partial charge in [0.2, 0.25) is 0 Å². The third kappa shape index (κ3) is 19.0. The van der Waals surface area contributed by atoms with Crippen molar-refractivity contribution in [1.82, 2.24) is 9.80 Å². The van der Waals surface area contributed by atoms with Crippen LogP contribution in [-0.2, 0) is 0 Å². The van der Waals surface area contributed by atoms with Crippen LogP contribution < -0.4 is 0 Å². The van der Waals surface area contributed by atoms with Crippen LogP contribution in [0.15, 0.2) is 0 Å². The molecule has 0 atom stereocenters. The standard InChI is InChI=1S/C13H29N.C12H27N/c1-11(2)9-14(13(6,7)8)10-12(3,4)5;1-10(2)8-13(11(3)4)9-12(5,6)7/h11H,9-10H2,1-8H3;10-11H,8-9H2,1-7H3. The lowest BCUT2D eigenvalue weighted by Gasteiger charge is -2.41. The molecule has 0 amide bonds. The average molecular weight is 385 g/mol. The Bertz CT molecular complexity index is 361. The molecule has 0 fully saturated rings. The minimum absolute atomic E-state index is 0.289. The molecular weight excluding hydrogens is 328 g/mol. The van der Waals surface area contributed by atoms with E-state index in [0.29, 0.717) is 16.9 Å². The van der Waals surface area contributed by atoms with E-state index in [-0.39, 0.29) is 5.54 Å². The summed E-state index contributed by atoms with van der Waals surface area (Å²) in [5, 5.41) is 0. The maximum absolute atomic E-state index is 2.59. The fourth-order valence-electron chi connectivity index (χ4n) is 3.13. The van der Waals surface area contributed by atoms with Crippen molar-refractivity contribution in [2.24, 2.45) is 22.7 Å². The highest BCUT2D eigenvalue weighted by molar-refractivity contribution is 4.81. The van der Waals surface area contributed by atoms with E-state index >= 15 is 0 Å². The molecule has 0 aromatic heterocycles. The second kappa shape index (κ2) is 11.8. The highest BCUT2D eigenvalue weighted by Gasteiger charge is 2.26. The van der Waals surface area contributed by atoms with Crippen LogP contribution in [0, 0.1) is 22.7 Å². The van der Waals surface area contributed by atoms with Crippen molar-refractivity contribution in [3.63, 3.8) is 0 Å². The summed E-state index contributed by atoms with van der Waals surface area (Å²) < 4.78 is 0. The Morgan fingerprint density at radius 3 is 1.15 bits per heavy atom. The quantitative estimate of drug-likeness (QED) is 0.458. The molecule has 0 aliphatic carbocycles. The summed E-state index contributed by atoms with van der Waals surface area (Å²) in [6.07, 6.45) is 0. The van der Waals surface area contributed by atoms with Crippen molar-refractivity contribution in [3.05, 3.63) is 0 Å². The third-order valence-electron chi connectivity index (χ3n) is 4.21. The maximum Gasteiger partial charge on any atom is 0.0125 e. The minimum Gasteiger partial charge on any atom is -0.300 e. The normalized spacial score (nSPS) is 13.8. The van der Waals surface area contributed by atoms with Gasteiger partial charge in [0.15, 0.2) is 0 Å². The fraction of sp³-hybridized carbons (Fsp3) is 1.00. The van der Waals surface area contributed by atoms with Gasteiger partial charge in [-0.3, -0.25) is 4.90 Å². The second-order valence-corrected chi connectivity index (χ2v) is 13.0. The smallest absolute Gasteiger partial charge is 0.0125 e. The van der Waals surface area contributed by atoms with Gasteiger partial charge in [0.05, 0.1) is 0 Å². The Labute approximate surface area is 174 Å². The highest BCUT2D eigenvalue weighted by Crippen LogP contribution is 2.23. The van der Waals surface area contributed by atoms with Crippen LogP contribution in [0.2, 0.25) is 0 Å². The van der Waals surface area contributed by atoms with Crippen molar-refractivity contribution in [3.8, 4) is 0 Å². The Kier molecular flexibility index (Phi) is 12.7. The Hall–Kier alpha value is -0.0800. The van der Waals surface area contributed by atoms with Crippen LogP contribution in [0.25, 0.3) is 0 Å². The maximum atomic E-state index is 2.59. The highest BCUT2D eigenvalue weighted by atomic mass is 15.2. The largest absolute Gasteiger partial charge is 0.300 e. The van der Waals surface area contributed by atoms with Gasteiger partial charge in [0, 0.05) is 37.8 Å². The first-order chi connectivity index (χ1) is 11.7. The van der Waals surface area contributed by atoms with E-state index in [1.165, 1.54) is 26.2 Å². The van der Waals surface area contributed by atoms with Crippen molar-refractivity contribution in [2.45, 2.75) is 115 Å². The summed E-state index contributed by atoms with van der Waals surface area (Å²) >= 11 is 0. The zero-order chi connectivity index (χ0) is 22.2. The van der Waals surface area contributed by atoms with E-state index in [2.05, 4.69) is 114 Å². The molecule has 0 saturated carbocycles. The van der Waals surface area contributed by atoms with Gasteiger partial charge in [-0.25, -0.2) is 0 Å². The van der Waals surface area contributed by atoms with Crippen molar-refractivity contribution in [2.75, 3.05) is 26.2 Å². The third-order valence-corrected chi connectivity index (χ3v) is 4.21. The number of hydrogen-bond acceptors (Lipinski definition) is 2. The van der Waals surface area contributed by atoms with Crippen LogP contribution in [-0.4, -0.2) is 47.6 Å². The Morgan fingerprint density at radius 1 is 0.556 bits per heavy atom. The second-order valence-electron chi connectivity index (χ2n) is 13.0. The van der Waals surface area contributed by atoms with Crippen LogP contribution >= 0.6 is 0 Å². The lowest BCUT2D eigenvalue weighted by Crippen LogP contribution is -2.47. The minimum atomic E-state index is 0.289. The summed E-state index contributed by atoms with van der Waals surface area (Å²) in [5.41, 5.74) is 1.10. The van der Waals surface area contributed by atoms with E-state index in [1.807, 2.05) is 0 Å². The summed E-state index contributed by atoms with van der Waals surface area (Å²) in [6.45, 7) is 39.3. The van der Waals surface area contributed by atoms with Crippen LogP contribution in [0.3, 0.4) is 0 Å². The molecular formula is C25H56N2. The van der Waals surface area contributed by atoms with E-state index in [0.717, 1.165) is 11.8 Å². The van der Waals surface area contributed by atoms with Crippen LogP contribution in [0.4, 0.5) is 0 Å². The number of rotatable bonds is 7. The first-order valence-electron chi connectivity index (χ1n) is 11.2. The van der Waals surface area contributed by atoms with Gasteiger partial charge in [-0.15, -0.1) is 0 Å². The van der Waals surface area contributed by atoms with Crippen molar-refractivity contribution >= 4 is 0 Å². The molecule has 0 saturated heterocycles. The first kappa shape index (κ1) is 29.1. The Balaban J connectivity index is 0. The lowest BCUT2D eigenvalue weighted by molar-refractivity contribution is 0.0787. The summed E-state index contributed by atoms with van der Waals surface area (Å²) in [7, 11) is 0. The summed E-state index contributed by atoms with van der Waals surface area (Å²) in [6, 6.07) is 0.668. The molecule has 0 aromatic carbocycles. The number of nitrogens with zero attached hydrogens (tertiary/aromatic N) is 2. The molecule has 0 bridgehead atoms. The van der Waals surface area contributed by atoms with Gasteiger partial charge in [-0.1, -0.05) is 69.2 Å². The predicted molar refractivity (Wildman–Crippen MR) is 127 cm³/mol. The summed E-state index contributed by atoms with van der Waals surface area (Å²) in [4.78, 5) is 5.17. The van der Waals surface area contributed by atoms with Crippen molar-refractivity contribution < 1.29 is 0 Å².